The summed E-state index contributed by atoms with van der Waals surface area (Å²) < 4.78 is 20.5. The van der Waals surface area contributed by atoms with Gasteiger partial charge in [0.05, 0.1) is 18.6 Å². The Kier molecular flexibility index (Phi) is 2.92. The van der Waals surface area contributed by atoms with E-state index in [2.05, 4.69) is 15.0 Å². The van der Waals surface area contributed by atoms with Crippen molar-refractivity contribution < 1.29 is 19.3 Å². The summed E-state index contributed by atoms with van der Waals surface area (Å²) in [6.07, 6.45) is -2.22. The van der Waals surface area contributed by atoms with Gasteiger partial charge >= 0.3 is 0 Å². The van der Waals surface area contributed by atoms with Crippen LogP contribution in [-0.2, 0) is 4.74 Å². The molecule has 0 aliphatic carbocycles. The molecule has 0 saturated carbocycles. The lowest BCUT2D eigenvalue weighted by molar-refractivity contribution is -0.0495. The summed E-state index contributed by atoms with van der Waals surface area (Å²) in [5.74, 6) is 0. The number of aryl methyl sites for hydroxylation is 1. The Morgan fingerprint density at radius 3 is 2.89 bits per heavy atom. The number of aliphatic hydroxyl groups is 2. The zero-order chi connectivity index (χ0) is 13.6. The molecule has 0 unspecified atom stereocenters. The van der Waals surface area contributed by atoms with Crippen molar-refractivity contribution in [1.82, 2.24) is 19.5 Å². The first-order valence-electron chi connectivity index (χ1n) is 5.86. The fourth-order valence-corrected chi connectivity index (χ4v) is 2.24. The molecule has 1 aliphatic rings. The van der Waals surface area contributed by atoms with Crippen molar-refractivity contribution in [3.05, 3.63) is 18.3 Å². The van der Waals surface area contributed by atoms with Gasteiger partial charge in [-0.1, -0.05) is 0 Å². The van der Waals surface area contributed by atoms with Crippen molar-refractivity contribution in [2.24, 2.45) is 0 Å². The van der Waals surface area contributed by atoms with Gasteiger partial charge in [0.1, 0.15) is 24.1 Å². The molecule has 102 valence electrons. The maximum Gasteiger partial charge on any atom is 0.166 e. The summed E-state index contributed by atoms with van der Waals surface area (Å²) in [5.41, 5.74) is 1.72. The molecule has 0 spiro atoms. The molecule has 0 radical (unpaired) electrons. The monoisotopic (exact) mass is 268 g/mol. The maximum atomic E-state index is 13.7. The van der Waals surface area contributed by atoms with E-state index in [1.165, 1.54) is 17.2 Å². The largest absolute Gasteiger partial charge is 0.394 e. The first-order chi connectivity index (χ1) is 9.13. The standard InChI is InChI=1S/C11H13FN4O3/c1-5-8-10(14-3-13-5)16(4-15-8)11-9(18)7(12)6(2-17)19-11/h3-4,6-7,9,11,17-18H,2H2,1H3/t6-,7-,9-,11-/m1/s1. The second-order valence-corrected chi connectivity index (χ2v) is 4.47. The van der Waals surface area contributed by atoms with Gasteiger partial charge in [0.2, 0.25) is 0 Å². The summed E-state index contributed by atoms with van der Waals surface area (Å²) in [5, 5.41) is 18.9. The van der Waals surface area contributed by atoms with E-state index in [-0.39, 0.29) is 0 Å². The van der Waals surface area contributed by atoms with Gasteiger partial charge in [0.25, 0.3) is 0 Å². The molecule has 1 aliphatic heterocycles. The van der Waals surface area contributed by atoms with Gasteiger partial charge in [-0.25, -0.2) is 19.3 Å². The number of ether oxygens (including phenoxy) is 1. The molecule has 1 saturated heterocycles. The Balaban J connectivity index is 2.04. The highest BCUT2D eigenvalue weighted by Crippen LogP contribution is 2.32. The topological polar surface area (TPSA) is 93.3 Å². The van der Waals surface area contributed by atoms with Crippen molar-refractivity contribution in [2.45, 2.75) is 31.5 Å². The van der Waals surface area contributed by atoms with Crippen LogP contribution in [-0.4, -0.2) is 54.7 Å². The number of rotatable bonds is 2. The fourth-order valence-electron chi connectivity index (χ4n) is 2.24. The highest BCUT2D eigenvalue weighted by molar-refractivity contribution is 5.72. The lowest BCUT2D eigenvalue weighted by Crippen LogP contribution is -2.29. The summed E-state index contributed by atoms with van der Waals surface area (Å²) >= 11 is 0. The number of imidazole rings is 1. The van der Waals surface area contributed by atoms with Crippen LogP contribution in [0.2, 0.25) is 0 Å². The highest BCUT2D eigenvalue weighted by Gasteiger charge is 2.45. The maximum absolute atomic E-state index is 13.7. The van der Waals surface area contributed by atoms with Crippen LogP contribution in [0.3, 0.4) is 0 Å². The number of halogens is 1. The van der Waals surface area contributed by atoms with Crippen LogP contribution in [0, 0.1) is 6.92 Å². The third-order valence-electron chi connectivity index (χ3n) is 3.28. The smallest absolute Gasteiger partial charge is 0.166 e. The van der Waals surface area contributed by atoms with Crippen molar-refractivity contribution >= 4 is 11.2 Å². The molecule has 2 aromatic heterocycles. The van der Waals surface area contributed by atoms with E-state index in [1.54, 1.807) is 6.92 Å². The van der Waals surface area contributed by atoms with E-state index in [4.69, 9.17) is 9.84 Å². The number of aliphatic hydroxyl groups excluding tert-OH is 2. The van der Waals surface area contributed by atoms with Crippen LogP contribution < -0.4 is 0 Å². The summed E-state index contributed by atoms with van der Waals surface area (Å²) in [7, 11) is 0. The van der Waals surface area contributed by atoms with Gasteiger partial charge in [-0.2, -0.15) is 0 Å². The van der Waals surface area contributed by atoms with Gasteiger partial charge in [-0.15, -0.1) is 0 Å². The molecule has 4 atom stereocenters. The summed E-state index contributed by atoms with van der Waals surface area (Å²) in [6.45, 7) is 1.29. The summed E-state index contributed by atoms with van der Waals surface area (Å²) in [4.78, 5) is 12.2. The zero-order valence-corrected chi connectivity index (χ0v) is 10.1. The number of nitrogens with zero attached hydrogens (tertiary/aromatic N) is 4. The first kappa shape index (κ1) is 12.4. The zero-order valence-electron chi connectivity index (χ0n) is 10.1. The van der Waals surface area contributed by atoms with Gasteiger partial charge < -0.3 is 14.9 Å². The SMILES string of the molecule is Cc1ncnc2c1ncn2[C@@H]1O[C@H](CO)[C@@H](F)[C@H]1O. The molecule has 19 heavy (non-hydrogen) atoms. The van der Waals surface area contributed by atoms with E-state index >= 15 is 0 Å². The minimum absolute atomic E-state index is 0.460. The van der Waals surface area contributed by atoms with E-state index in [1.807, 2.05) is 0 Å². The fraction of sp³-hybridized carbons (Fsp3) is 0.545. The third-order valence-corrected chi connectivity index (χ3v) is 3.28. The molecule has 3 rings (SSSR count). The van der Waals surface area contributed by atoms with Crippen molar-refractivity contribution in [3.8, 4) is 0 Å². The average molecular weight is 268 g/mol. The molecule has 2 aromatic rings. The number of alkyl halides is 1. The molecular formula is C11H13FN4O3. The van der Waals surface area contributed by atoms with Crippen LogP contribution in [0.5, 0.6) is 0 Å². The van der Waals surface area contributed by atoms with Crippen molar-refractivity contribution in [3.63, 3.8) is 0 Å². The van der Waals surface area contributed by atoms with E-state index in [0.717, 1.165) is 0 Å². The van der Waals surface area contributed by atoms with Crippen LogP contribution in [0.15, 0.2) is 12.7 Å². The Morgan fingerprint density at radius 1 is 1.42 bits per heavy atom. The minimum Gasteiger partial charge on any atom is -0.394 e. The second-order valence-electron chi connectivity index (χ2n) is 4.47. The van der Waals surface area contributed by atoms with Crippen LogP contribution in [0.1, 0.15) is 11.9 Å². The predicted octanol–water partition coefficient (Wildman–Crippen LogP) is -0.277. The van der Waals surface area contributed by atoms with Gasteiger partial charge in [-0.05, 0) is 6.92 Å². The van der Waals surface area contributed by atoms with E-state index in [9.17, 15) is 9.50 Å². The first-order valence-corrected chi connectivity index (χ1v) is 5.86. The van der Waals surface area contributed by atoms with Crippen molar-refractivity contribution in [2.75, 3.05) is 6.61 Å². The molecule has 7 nitrogen and oxygen atoms in total. The second kappa shape index (κ2) is 4.48. The average Bonchev–Trinajstić information content (AvgIpc) is 2.94. The normalized spacial score (nSPS) is 31.2. The molecule has 0 amide bonds. The predicted molar refractivity (Wildman–Crippen MR) is 62.0 cm³/mol. The van der Waals surface area contributed by atoms with Gasteiger partial charge in [0.15, 0.2) is 18.0 Å². The Hall–Kier alpha value is -1.64. The molecule has 8 heteroatoms. The lowest BCUT2D eigenvalue weighted by Gasteiger charge is -2.15. The molecule has 3 heterocycles. The lowest BCUT2D eigenvalue weighted by atomic mass is 10.1. The Labute approximate surface area is 107 Å². The molecule has 1 fully saturated rings. The van der Waals surface area contributed by atoms with Gasteiger partial charge in [0, 0.05) is 0 Å². The van der Waals surface area contributed by atoms with Crippen LogP contribution in [0.25, 0.3) is 11.2 Å². The highest BCUT2D eigenvalue weighted by atomic mass is 19.1. The Morgan fingerprint density at radius 2 is 2.21 bits per heavy atom. The quantitative estimate of drug-likeness (QED) is 0.778. The number of fused-ring (bicyclic) bond motifs is 1. The third kappa shape index (κ3) is 1.79. The van der Waals surface area contributed by atoms with Crippen LogP contribution in [0.4, 0.5) is 4.39 Å². The van der Waals surface area contributed by atoms with Crippen LogP contribution >= 0.6 is 0 Å². The Bertz CT molecular complexity index is 605. The molecule has 0 aromatic carbocycles. The molecular weight excluding hydrogens is 255 g/mol. The molecule has 2 N–H and O–H groups in total. The number of aromatic nitrogens is 4. The van der Waals surface area contributed by atoms with Gasteiger partial charge in [-0.3, -0.25) is 4.57 Å². The van der Waals surface area contributed by atoms with E-state index < -0.39 is 31.2 Å². The summed E-state index contributed by atoms with van der Waals surface area (Å²) in [6, 6.07) is 0. The van der Waals surface area contributed by atoms with E-state index in [0.29, 0.717) is 16.9 Å². The number of hydrogen-bond acceptors (Lipinski definition) is 6. The molecule has 0 bridgehead atoms. The number of hydrogen-bond donors (Lipinski definition) is 2. The van der Waals surface area contributed by atoms with Crippen molar-refractivity contribution in [1.29, 1.82) is 0 Å². The minimum atomic E-state index is -1.64.